The van der Waals surface area contributed by atoms with Gasteiger partial charge in [-0.25, -0.2) is 0 Å². The lowest BCUT2D eigenvalue weighted by molar-refractivity contribution is -0.127. The number of benzene rings is 1. The lowest BCUT2D eigenvalue weighted by Crippen LogP contribution is -2.23. The fraction of sp³-hybridized carbons (Fsp3) is 0.667. The van der Waals surface area contributed by atoms with Gasteiger partial charge in [-0.2, -0.15) is 0 Å². The second-order valence-corrected chi connectivity index (χ2v) is 7.53. The van der Waals surface area contributed by atoms with Crippen molar-refractivity contribution in [3.63, 3.8) is 0 Å². The molecule has 0 saturated heterocycles. The molecule has 0 heterocycles. The average Bonchev–Trinajstić information content (AvgIpc) is 2.53. The molecule has 0 radical (unpaired) electrons. The van der Waals surface area contributed by atoms with Crippen LogP contribution in [0.5, 0.6) is 0 Å². The minimum absolute atomic E-state index is 0.189. The second kappa shape index (κ2) is 9.22. The Hall–Kier alpha value is -1.15. The number of ether oxygens (including phenoxy) is 1. The van der Waals surface area contributed by atoms with Gasteiger partial charge in [-0.1, -0.05) is 58.9 Å². The van der Waals surface area contributed by atoms with Gasteiger partial charge < -0.3 is 4.74 Å². The lowest BCUT2D eigenvalue weighted by atomic mass is 9.83. The maximum absolute atomic E-state index is 12.2. The van der Waals surface area contributed by atoms with E-state index in [9.17, 15) is 4.79 Å². The first kappa shape index (κ1) is 19.9. The van der Waals surface area contributed by atoms with Gasteiger partial charge in [-0.3, -0.25) is 4.79 Å². The van der Waals surface area contributed by atoms with Crippen LogP contribution in [0.25, 0.3) is 0 Å². The van der Waals surface area contributed by atoms with Crippen molar-refractivity contribution >= 4 is 5.78 Å². The molecule has 130 valence electrons. The SMILES string of the molecule is CCC(C)(C)C(=O)CCc1ccc(CCC(OC)C(C)C)cc1. The van der Waals surface area contributed by atoms with E-state index in [2.05, 4.69) is 45.0 Å². The topological polar surface area (TPSA) is 26.3 Å². The minimum atomic E-state index is -0.189. The maximum atomic E-state index is 12.2. The number of hydrogen-bond acceptors (Lipinski definition) is 2. The van der Waals surface area contributed by atoms with E-state index in [4.69, 9.17) is 4.74 Å². The quantitative estimate of drug-likeness (QED) is 0.590. The van der Waals surface area contributed by atoms with Gasteiger partial charge in [0.1, 0.15) is 5.78 Å². The molecule has 0 aliphatic heterocycles. The highest BCUT2D eigenvalue weighted by Crippen LogP contribution is 2.23. The van der Waals surface area contributed by atoms with E-state index in [0.717, 1.165) is 25.7 Å². The van der Waals surface area contributed by atoms with Crippen molar-refractivity contribution in [2.45, 2.75) is 72.8 Å². The Morgan fingerprint density at radius 1 is 1.09 bits per heavy atom. The Morgan fingerprint density at radius 3 is 2.04 bits per heavy atom. The Balaban J connectivity index is 2.49. The smallest absolute Gasteiger partial charge is 0.138 e. The third-order valence-corrected chi connectivity index (χ3v) is 5.07. The van der Waals surface area contributed by atoms with Crippen LogP contribution in [0, 0.1) is 11.3 Å². The normalized spacial score (nSPS) is 13.3. The standard InChI is InChI=1S/C21H34O2/c1-7-21(4,5)20(22)15-13-18-10-8-17(9-11-18)12-14-19(23-6)16(2)3/h8-11,16,19H,7,12-15H2,1-6H3. The molecular weight excluding hydrogens is 284 g/mol. The van der Waals surface area contributed by atoms with E-state index in [1.807, 2.05) is 13.8 Å². The number of methoxy groups -OCH3 is 1. The molecule has 0 aromatic heterocycles. The van der Waals surface area contributed by atoms with Crippen LogP contribution in [-0.2, 0) is 22.4 Å². The molecule has 1 atom stereocenters. The zero-order valence-corrected chi connectivity index (χ0v) is 15.8. The van der Waals surface area contributed by atoms with Crippen molar-refractivity contribution in [3.8, 4) is 0 Å². The van der Waals surface area contributed by atoms with Crippen LogP contribution >= 0.6 is 0 Å². The number of hydrogen-bond donors (Lipinski definition) is 0. The molecule has 0 amide bonds. The summed E-state index contributed by atoms with van der Waals surface area (Å²) >= 11 is 0. The number of ketones is 1. The highest BCUT2D eigenvalue weighted by atomic mass is 16.5. The third-order valence-electron chi connectivity index (χ3n) is 5.07. The summed E-state index contributed by atoms with van der Waals surface area (Å²) in [5, 5.41) is 0. The van der Waals surface area contributed by atoms with Crippen LogP contribution in [0.1, 0.15) is 65.0 Å². The van der Waals surface area contributed by atoms with Gasteiger partial charge in [0.25, 0.3) is 0 Å². The van der Waals surface area contributed by atoms with Crippen LogP contribution in [0.2, 0.25) is 0 Å². The van der Waals surface area contributed by atoms with E-state index in [-0.39, 0.29) is 5.41 Å². The van der Waals surface area contributed by atoms with Crippen molar-refractivity contribution in [3.05, 3.63) is 35.4 Å². The summed E-state index contributed by atoms with van der Waals surface area (Å²) in [6.07, 6.45) is 4.80. The summed E-state index contributed by atoms with van der Waals surface area (Å²) in [6, 6.07) is 8.72. The minimum Gasteiger partial charge on any atom is -0.381 e. The van der Waals surface area contributed by atoms with Gasteiger partial charge in [0.05, 0.1) is 6.10 Å². The summed E-state index contributed by atoms with van der Waals surface area (Å²) in [5.74, 6) is 0.913. The molecule has 0 fully saturated rings. The monoisotopic (exact) mass is 318 g/mol. The third kappa shape index (κ3) is 6.47. The van der Waals surface area contributed by atoms with Crippen LogP contribution in [0.3, 0.4) is 0 Å². The first-order valence-corrected chi connectivity index (χ1v) is 8.94. The largest absolute Gasteiger partial charge is 0.381 e. The van der Waals surface area contributed by atoms with Crippen LogP contribution in [0.15, 0.2) is 24.3 Å². The Kier molecular flexibility index (Phi) is 7.98. The molecule has 1 rings (SSSR count). The summed E-state index contributed by atoms with van der Waals surface area (Å²) in [6.45, 7) is 10.6. The maximum Gasteiger partial charge on any atom is 0.138 e. The van der Waals surface area contributed by atoms with Gasteiger partial charge in [0, 0.05) is 18.9 Å². The first-order valence-electron chi connectivity index (χ1n) is 8.94. The number of carbonyl (C=O) groups excluding carboxylic acids is 1. The molecule has 2 nitrogen and oxygen atoms in total. The average molecular weight is 319 g/mol. The van der Waals surface area contributed by atoms with Crippen molar-refractivity contribution in [1.82, 2.24) is 0 Å². The predicted octanol–water partition coefficient (Wildman–Crippen LogP) is 5.23. The van der Waals surface area contributed by atoms with E-state index >= 15 is 0 Å². The summed E-state index contributed by atoms with van der Waals surface area (Å²) in [4.78, 5) is 12.2. The number of aryl methyl sites for hydroxylation is 2. The molecule has 0 bridgehead atoms. The Bertz CT molecular complexity index is 471. The van der Waals surface area contributed by atoms with Crippen molar-refractivity contribution in [1.29, 1.82) is 0 Å². The van der Waals surface area contributed by atoms with Crippen molar-refractivity contribution < 1.29 is 9.53 Å². The van der Waals surface area contributed by atoms with Gasteiger partial charge in [-0.15, -0.1) is 0 Å². The van der Waals surface area contributed by atoms with Crippen LogP contribution in [-0.4, -0.2) is 19.0 Å². The molecular formula is C21H34O2. The number of carbonyl (C=O) groups is 1. The van der Waals surface area contributed by atoms with Gasteiger partial charge in [0.2, 0.25) is 0 Å². The van der Waals surface area contributed by atoms with Crippen molar-refractivity contribution in [2.24, 2.45) is 11.3 Å². The molecule has 0 N–H and O–H groups in total. The number of rotatable bonds is 10. The molecule has 23 heavy (non-hydrogen) atoms. The Morgan fingerprint density at radius 2 is 1.61 bits per heavy atom. The molecule has 1 aromatic rings. The van der Waals surface area contributed by atoms with E-state index in [1.165, 1.54) is 11.1 Å². The van der Waals surface area contributed by atoms with Crippen LogP contribution < -0.4 is 0 Å². The molecule has 0 spiro atoms. The van der Waals surface area contributed by atoms with Gasteiger partial charge in [0.15, 0.2) is 0 Å². The van der Waals surface area contributed by atoms with Gasteiger partial charge in [-0.05, 0) is 42.7 Å². The lowest BCUT2D eigenvalue weighted by Gasteiger charge is -2.20. The molecule has 1 aromatic carbocycles. The van der Waals surface area contributed by atoms with E-state index in [0.29, 0.717) is 24.2 Å². The van der Waals surface area contributed by atoms with E-state index in [1.54, 1.807) is 7.11 Å². The highest BCUT2D eigenvalue weighted by molar-refractivity contribution is 5.84. The zero-order valence-electron chi connectivity index (χ0n) is 15.8. The first-order chi connectivity index (χ1) is 10.8. The predicted molar refractivity (Wildman–Crippen MR) is 97.8 cm³/mol. The molecule has 1 unspecified atom stereocenters. The zero-order chi connectivity index (χ0) is 17.5. The molecule has 0 aliphatic rings. The number of Topliss-reactive ketones (excluding diaryl/α,β-unsaturated/α-hetero) is 1. The van der Waals surface area contributed by atoms with Gasteiger partial charge >= 0.3 is 0 Å². The fourth-order valence-corrected chi connectivity index (χ4v) is 2.70. The second-order valence-electron chi connectivity index (χ2n) is 7.53. The molecule has 2 heteroatoms. The highest BCUT2D eigenvalue weighted by Gasteiger charge is 2.24. The summed E-state index contributed by atoms with van der Waals surface area (Å²) < 4.78 is 5.53. The fourth-order valence-electron chi connectivity index (χ4n) is 2.70. The molecule has 0 aliphatic carbocycles. The van der Waals surface area contributed by atoms with Crippen LogP contribution in [0.4, 0.5) is 0 Å². The summed E-state index contributed by atoms with van der Waals surface area (Å²) in [7, 11) is 1.79. The molecule has 0 saturated carbocycles. The Labute approximate surface area is 142 Å². The summed E-state index contributed by atoms with van der Waals surface area (Å²) in [5.41, 5.74) is 2.41. The van der Waals surface area contributed by atoms with Crippen molar-refractivity contribution in [2.75, 3.05) is 7.11 Å². The van der Waals surface area contributed by atoms with E-state index < -0.39 is 0 Å².